The third kappa shape index (κ3) is 3.11. The van der Waals surface area contributed by atoms with Crippen molar-refractivity contribution in [3.63, 3.8) is 0 Å². The molecule has 0 unspecified atom stereocenters. The predicted octanol–water partition coefficient (Wildman–Crippen LogP) is 3.57. The van der Waals surface area contributed by atoms with E-state index in [9.17, 15) is 9.59 Å². The summed E-state index contributed by atoms with van der Waals surface area (Å²) in [7, 11) is 2.89. The van der Waals surface area contributed by atoms with Crippen LogP contribution in [0.5, 0.6) is 5.75 Å². The zero-order valence-corrected chi connectivity index (χ0v) is 14.9. The summed E-state index contributed by atoms with van der Waals surface area (Å²) >= 11 is 0. The van der Waals surface area contributed by atoms with Crippen LogP contribution in [0.15, 0.2) is 71.4 Å². The number of hydrogen-bond donors (Lipinski definition) is 0. The SMILES string of the molecule is COC(=O)C1=C(C)N(c2ccc(OC)cc2)C(=O)/C1=C\c1ccccc1. The molecule has 5 heteroatoms. The van der Waals surface area contributed by atoms with Gasteiger partial charge in [-0.25, -0.2) is 4.79 Å². The van der Waals surface area contributed by atoms with Gasteiger partial charge >= 0.3 is 5.97 Å². The van der Waals surface area contributed by atoms with Crippen molar-refractivity contribution in [2.24, 2.45) is 0 Å². The fourth-order valence-electron chi connectivity index (χ4n) is 2.94. The van der Waals surface area contributed by atoms with Gasteiger partial charge in [0.25, 0.3) is 5.91 Å². The first-order valence-electron chi connectivity index (χ1n) is 8.11. The number of anilines is 1. The van der Waals surface area contributed by atoms with Gasteiger partial charge in [-0.05, 0) is 42.8 Å². The van der Waals surface area contributed by atoms with Gasteiger partial charge in [-0.3, -0.25) is 9.69 Å². The predicted molar refractivity (Wildman–Crippen MR) is 99.6 cm³/mol. The van der Waals surface area contributed by atoms with Crippen LogP contribution in [0.1, 0.15) is 12.5 Å². The largest absolute Gasteiger partial charge is 0.497 e. The second kappa shape index (κ2) is 7.27. The molecule has 3 rings (SSSR count). The first-order chi connectivity index (χ1) is 12.6. The van der Waals surface area contributed by atoms with Crippen LogP contribution >= 0.6 is 0 Å². The lowest BCUT2D eigenvalue weighted by Crippen LogP contribution is -2.24. The van der Waals surface area contributed by atoms with Gasteiger partial charge in [0, 0.05) is 11.4 Å². The number of benzene rings is 2. The Kier molecular flexibility index (Phi) is 4.89. The lowest BCUT2D eigenvalue weighted by molar-refractivity contribution is -0.136. The summed E-state index contributed by atoms with van der Waals surface area (Å²) in [6.07, 6.45) is 1.71. The van der Waals surface area contributed by atoms with Crippen molar-refractivity contribution in [1.29, 1.82) is 0 Å². The molecule has 2 aromatic rings. The van der Waals surface area contributed by atoms with E-state index in [1.54, 1.807) is 44.4 Å². The van der Waals surface area contributed by atoms with Gasteiger partial charge in [0.05, 0.1) is 25.4 Å². The maximum atomic E-state index is 13.1. The topological polar surface area (TPSA) is 55.8 Å². The molecule has 0 spiro atoms. The van der Waals surface area contributed by atoms with Crippen LogP contribution < -0.4 is 9.64 Å². The Labute approximate surface area is 152 Å². The van der Waals surface area contributed by atoms with E-state index < -0.39 is 5.97 Å². The third-order valence-electron chi connectivity index (χ3n) is 4.23. The molecular weight excluding hydrogens is 330 g/mol. The number of methoxy groups -OCH3 is 2. The molecule has 0 radical (unpaired) electrons. The summed E-state index contributed by atoms with van der Waals surface area (Å²) in [4.78, 5) is 26.9. The Balaban J connectivity index is 2.10. The molecule has 5 nitrogen and oxygen atoms in total. The molecule has 1 heterocycles. The monoisotopic (exact) mass is 349 g/mol. The highest BCUT2D eigenvalue weighted by Gasteiger charge is 2.37. The highest BCUT2D eigenvalue weighted by molar-refractivity contribution is 6.23. The van der Waals surface area contributed by atoms with E-state index in [1.807, 2.05) is 30.3 Å². The van der Waals surface area contributed by atoms with Crippen molar-refractivity contribution < 1.29 is 19.1 Å². The van der Waals surface area contributed by atoms with E-state index >= 15 is 0 Å². The molecule has 0 N–H and O–H groups in total. The fraction of sp³-hybridized carbons (Fsp3) is 0.143. The summed E-state index contributed by atoms with van der Waals surface area (Å²) in [6.45, 7) is 1.74. The summed E-state index contributed by atoms with van der Waals surface area (Å²) in [5.41, 5.74) is 2.62. The Hall–Kier alpha value is -3.34. The van der Waals surface area contributed by atoms with Crippen molar-refractivity contribution in [2.45, 2.75) is 6.92 Å². The molecule has 0 atom stereocenters. The number of amides is 1. The van der Waals surface area contributed by atoms with Crippen LogP contribution in [0.25, 0.3) is 6.08 Å². The Morgan fingerprint density at radius 1 is 1.00 bits per heavy atom. The average molecular weight is 349 g/mol. The summed E-state index contributed by atoms with van der Waals surface area (Å²) in [5, 5.41) is 0. The maximum absolute atomic E-state index is 13.1. The Morgan fingerprint density at radius 3 is 2.23 bits per heavy atom. The number of esters is 1. The average Bonchev–Trinajstić information content (AvgIpc) is 2.92. The number of ether oxygens (including phenoxy) is 2. The summed E-state index contributed by atoms with van der Waals surface area (Å²) in [6, 6.07) is 16.5. The van der Waals surface area contributed by atoms with E-state index in [-0.39, 0.29) is 11.5 Å². The van der Waals surface area contributed by atoms with E-state index in [0.29, 0.717) is 22.7 Å². The molecule has 132 valence electrons. The molecular formula is C21H19NO4. The molecule has 1 aliphatic heterocycles. The number of carbonyl (C=O) groups excluding carboxylic acids is 2. The second-order valence-corrected chi connectivity index (χ2v) is 5.76. The summed E-state index contributed by atoms with van der Waals surface area (Å²) in [5.74, 6) is -0.110. The lowest BCUT2D eigenvalue weighted by atomic mass is 10.0. The van der Waals surface area contributed by atoms with Crippen molar-refractivity contribution in [3.05, 3.63) is 77.0 Å². The van der Waals surface area contributed by atoms with Gasteiger partial charge in [0.15, 0.2) is 0 Å². The molecule has 0 saturated carbocycles. The standard InChI is InChI=1S/C21H19NO4/c1-14-19(21(24)26-3)18(13-15-7-5-4-6-8-15)20(23)22(14)16-9-11-17(25-2)12-10-16/h4-13H,1-3H3/b18-13-. The Morgan fingerprint density at radius 2 is 1.65 bits per heavy atom. The smallest absolute Gasteiger partial charge is 0.340 e. The minimum absolute atomic E-state index is 0.267. The van der Waals surface area contributed by atoms with Crippen LogP contribution in [0, 0.1) is 0 Å². The van der Waals surface area contributed by atoms with E-state index in [4.69, 9.17) is 9.47 Å². The van der Waals surface area contributed by atoms with Crippen LogP contribution in [-0.4, -0.2) is 26.1 Å². The maximum Gasteiger partial charge on any atom is 0.340 e. The minimum atomic E-state index is -0.533. The van der Waals surface area contributed by atoms with Gasteiger partial charge in [0.1, 0.15) is 5.75 Å². The van der Waals surface area contributed by atoms with Gasteiger partial charge in [-0.1, -0.05) is 30.3 Å². The normalized spacial score (nSPS) is 15.6. The van der Waals surface area contributed by atoms with Crippen LogP contribution in [0.2, 0.25) is 0 Å². The first kappa shape index (κ1) is 17.5. The quantitative estimate of drug-likeness (QED) is 0.625. The highest BCUT2D eigenvalue weighted by Crippen LogP contribution is 2.35. The zero-order valence-electron chi connectivity index (χ0n) is 14.9. The van der Waals surface area contributed by atoms with E-state index in [1.165, 1.54) is 12.0 Å². The van der Waals surface area contributed by atoms with Crippen LogP contribution in [-0.2, 0) is 14.3 Å². The zero-order chi connectivity index (χ0) is 18.7. The molecule has 2 aromatic carbocycles. The van der Waals surface area contributed by atoms with Gasteiger partial charge in [-0.15, -0.1) is 0 Å². The van der Waals surface area contributed by atoms with Crippen molar-refractivity contribution in [3.8, 4) is 5.75 Å². The molecule has 0 aliphatic carbocycles. The van der Waals surface area contributed by atoms with Crippen LogP contribution in [0.4, 0.5) is 5.69 Å². The molecule has 26 heavy (non-hydrogen) atoms. The minimum Gasteiger partial charge on any atom is -0.497 e. The second-order valence-electron chi connectivity index (χ2n) is 5.76. The number of hydrogen-bond acceptors (Lipinski definition) is 4. The van der Waals surface area contributed by atoms with E-state index in [2.05, 4.69) is 0 Å². The van der Waals surface area contributed by atoms with Crippen LogP contribution in [0.3, 0.4) is 0 Å². The fourth-order valence-corrected chi connectivity index (χ4v) is 2.94. The summed E-state index contributed by atoms with van der Waals surface area (Å²) < 4.78 is 10.1. The van der Waals surface area contributed by atoms with E-state index in [0.717, 1.165) is 5.56 Å². The van der Waals surface area contributed by atoms with Crippen molar-refractivity contribution in [1.82, 2.24) is 0 Å². The third-order valence-corrected chi connectivity index (χ3v) is 4.23. The molecule has 0 fully saturated rings. The lowest BCUT2D eigenvalue weighted by Gasteiger charge is -2.18. The number of nitrogens with zero attached hydrogens (tertiary/aromatic N) is 1. The van der Waals surface area contributed by atoms with Crippen molar-refractivity contribution in [2.75, 3.05) is 19.1 Å². The molecule has 0 aromatic heterocycles. The number of rotatable bonds is 4. The number of carbonyl (C=O) groups is 2. The van der Waals surface area contributed by atoms with Gasteiger partial charge in [0.2, 0.25) is 0 Å². The molecule has 1 amide bonds. The molecule has 0 saturated heterocycles. The highest BCUT2D eigenvalue weighted by atomic mass is 16.5. The van der Waals surface area contributed by atoms with Crippen molar-refractivity contribution >= 4 is 23.6 Å². The first-order valence-corrected chi connectivity index (χ1v) is 8.11. The molecule has 0 bridgehead atoms. The number of allylic oxidation sites excluding steroid dienone is 1. The van der Waals surface area contributed by atoms with Gasteiger partial charge < -0.3 is 9.47 Å². The van der Waals surface area contributed by atoms with Gasteiger partial charge in [-0.2, -0.15) is 0 Å². The molecule has 1 aliphatic rings. The Bertz CT molecular complexity index is 895.